The molecule has 140 valence electrons. The predicted molar refractivity (Wildman–Crippen MR) is 98.0 cm³/mol. The molecule has 1 unspecified atom stereocenters. The molecule has 0 radical (unpaired) electrons. The van der Waals surface area contributed by atoms with Crippen molar-refractivity contribution >= 4 is 17.5 Å². The molecule has 1 saturated carbocycles. The van der Waals surface area contributed by atoms with E-state index in [-0.39, 0.29) is 24.3 Å². The maximum absolute atomic E-state index is 11.8. The molecule has 0 aliphatic heterocycles. The lowest BCUT2D eigenvalue weighted by atomic mass is 9.64. The van der Waals surface area contributed by atoms with Crippen LogP contribution in [0.2, 0.25) is 5.02 Å². The molecule has 2 N–H and O–H groups in total. The Morgan fingerprint density at radius 3 is 2.69 bits per heavy atom. The van der Waals surface area contributed by atoms with Crippen LogP contribution in [0.25, 0.3) is 0 Å². The highest BCUT2D eigenvalue weighted by Gasteiger charge is 2.45. The number of amides is 1. The standard InChI is InChI=1S/C19H24ClN3O3/c1-2-15(24)12-21-16(25)8-9-17-22-23-18(26-17)19(10-3-11-19)13-4-6-14(20)7-5-13/h4-7,15,24H,2-3,8-12H2,1H3,(H,21,25). The first-order valence-electron chi connectivity index (χ1n) is 9.07. The summed E-state index contributed by atoms with van der Waals surface area (Å²) in [4.78, 5) is 11.8. The van der Waals surface area contributed by atoms with Crippen molar-refractivity contribution in [2.75, 3.05) is 6.54 Å². The third kappa shape index (κ3) is 4.07. The maximum atomic E-state index is 11.8. The van der Waals surface area contributed by atoms with Crippen LogP contribution in [0, 0.1) is 0 Å². The van der Waals surface area contributed by atoms with Gasteiger partial charge in [-0.3, -0.25) is 4.79 Å². The largest absolute Gasteiger partial charge is 0.424 e. The smallest absolute Gasteiger partial charge is 0.227 e. The second kappa shape index (κ2) is 8.18. The van der Waals surface area contributed by atoms with Gasteiger partial charge in [-0.25, -0.2) is 0 Å². The zero-order chi connectivity index (χ0) is 18.6. The molecule has 3 rings (SSSR count). The van der Waals surface area contributed by atoms with Gasteiger partial charge in [-0.05, 0) is 37.0 Å². The van der Waals surface area contributed by atoms with Crippen molar-refractivity contribution in [1.82, 2.24) is 15.5 Å². The first-order valence-corrected chi connectivity index (χ1v) is 9.45. The number of aliphatic hydroxyl groups excluding tert-OH is 1. The highest BCUT2D eigenvalue weighted by Crippen LogP contribution is 2.48. The Bertz CT molecular complexity index is 741. The fourth-order valence-electron chi connectivity index (χ4n) is 3.16. The molecule has 7 heteroatoms. The molecule has 1 atom stereocenters. The monoisotopic (exact) mass is 377 g/mol. The van der Waals surface area contributed by atoms with Gasteiger partial charge in [0.1, 0.15) is 0 Å². The summed E-state index contributed by atoms with van der Waals surface area (Å²) in [5.41, 5.74) is 0.901. The summed E-state index contributed by atoms with van der Waals surface area (Å²) in [6, 6.07) is 7.78. The van der Waals surface area contributed by atoms with E-state index >= 15 is 0 Å². The van der Waals surface area contributed by atoms with E-state index in [0.717, 1.165) is 24.8 Å². The minimum absolute atomic E-state index is 0.131. The molecule has 1 fully saturated rings. The zero-order valence-corrected chi connectivity index (χ0v) is 15.6. The molecule has 0 bridgehead atoms. The van der Waals surface area contributed by atoms with Crippen molar-refractivity contribution in [2.24, 2.45) is 0 Å². The third-order valence-corrected chi connectivity index (χ3v) is 5.30. The van der Waals surface area contributed by atoms with Crippen LogP contribution < -0.4 is 5.32 Å². The number of aryl methyl sites for hydroxylation is 1. The average molecular weight is 378 g/mol. The Morgan fingerprint density at radius 1 is 1.35 bits per heavy atom. The second-order valence-electron chi connectivity index (χ2n) is 6.81. The van der Waals surface area contributed by atoms with Crippen molar-refractivity contribution in [3.8, 4) is 0 Å². The van der Waals surface area contributed by atoms with E-state index in [4.69, 9.17) is 16.0 Å². The number of nitrogens with zero attached hydrogens (tertiary/aromatic N) is 2. The Morgan fingerprint density at radius 2 is 2.08 bits per heavy atom. The molecule has 1 amide bonds. The topological polar surface area (TPSA) is 88.2 Å². The van der Waals surface area contributed by atoms with Crippen molar-refractivity contribution < 1.29 is 14.3 Å². The van der Waals surface area contributed by atoms with Gasteiger partial charge in [-0.2, -0.15) is 0 Å². The summed E-state index contributed by atoms with van der Waals surface area (Å²) < 4.78 is 5.89. The molecule has 26 heavy (non-hydrogen) atoms. The van der Waals surface area contributed by atoms with Gasteiger partial charge >= 0.3 is 0 Å². The Hall–Kier alpha value is -1.92. The lowest BCUT2D eigenvalue weighted by Gasteiger charge is -2.39. The lowest BCUT2D eigenvalue weighted by Crippen LogP contribution is -2.35. The SMILES string of the molecule is CCC(O)CNC(=O)CCc1nnc(C2(c3ccc(Cl)cc3)CCC2)o1. The van der Waals surface area contributed by atoms with Crippen LogP contribution >= 0.6 is 11.6 Å². The van der Waals surface area contributed by atoms with Crippen LogP contribution in [-0.4, -0.2) is 33.9 Å². The van der Waals surface area contributed by atoms with Crippen LogP contribution in [-0.2, 0) is 16.6 Å². The number of halogens is 1. The number of aromatic nitrogens is 2. The molecule has 2 aromatic rings. The summed E-state index contributed by atoms with van der Waals surface area (Å²) in [7, 11) is 0. The highest BCUT2D eigenvalue weighted by atomic mass is 35.5. The fourth-order valence-corrected chi connectivity index (χ4v) is 3.28. The van der Waals surface area contributed by atoms with E-state index in [1.807, 2.05) is 31.2 Å². The second-order valence-corrected chi connectivity index (χ2v) is 7.25. The van der Waals surface area contributed by atoms with Gasteiger partial charge < -0.3 is 14.8 Å². The first kappa shape index (κ1) is 18.9. The number of hydrogen-bond acceptors (Lipinski definition) is 5. The summed E-state index contributed by atoms with van der Waals surface area (Å²) in [6.07, 6.45) is 3.79. The number of rotatable bonds is 8. The summed E-state index contributed by atoms with van der Waals surface area (Å²) in [5, 5.41) is 21.3. The number of hydrogen-bond donors (Lipinski definition) is 2. The number of nitrogens with one attached hydrogen (secondary N) is 1. The molecule has 1 aromatic heterocycles. The van der Waals surface area contributed by atoms with Gasteiger partial charge in [0, 0.05) is 24.4 Å². The molecule has 1 aliphatic carbocycles. The van der Waals surface area contributed by atoms with Crippen LogP contribution in [0.4, 0.5) is 0 Å². The van der Waals surface area contributed by atoms with Crippen molar-refractivity contribution in [2.45, 2.75) is 57.0 Å². The van der Waals surface area contributed by atoms with Crippen LogP contribution in [0.15, 0.2) is 28.7 Å². The van der Waals surface area contributed by atoms with Gasteiger partial charge in [0.15, 0.2) is 0 Å². The van der Waals surface area contributed by atoms with Crippen molar-refractivity contribution in [3.63, 3.8) is 0 Å². The molecular weight excluding hydrogens is 354 g/mol. The van der Waals surface area contributed by atoms with E-state index < -0.39 is 6.10 Å². The highest BCUT2D eigenvalue weighted by molar-refractivity contribution is 6.30. The molecule has 6 nitrogen and oxygen atoms in total. The van der Waals surface area contributed by atoms with Crippen LogP contribution in [0.5, 0.6) is 0 Å². The van der Waals surface area contributed by atoms with Gasteiger partial charge in [0.2, 0.25) is 17.7 Å². The van der Waals surface area contributed by atoms with Crippen LogP contribution in [0.3, 0.4) is 0 Å². The van der Waals surface area contributed by atoms with Gasteiger partial charge in [-0.1, -0.05) is 37.1 Å². The zero-order valence-electron chi connectivity index (χ0n) is 14.9. The van der Waals surface area contributed by atoms with E-state index in [0.29, 0.717) is 29.6 Å². The normalized spacial score (nSPS) is 16.7. The van der Waals surface area contributed by atoms with E-state index in [1.54, 1.807) is 0 Å². The van der Waals surface area contributed by atoms with E-state index in [2.05, 4.69) is 15.5 Å². The van der Waals surface area contributed by atoms with Crippen molar-refractivity contribution in [3.05, 3.63) is 46.6 Å². The fraction of sp³-hybridized carbons (Fsp3) is 0.526. The summed E-state index contributed by atoms with van der Waals surface area (Å²) in [6.45, 7) is 2.14. The average Bonchev–Trinajstić information content (AvgIpc) is 3.07. The minimum atomic E-state index is -0.508. The quantitative estimate of drug-likeness (QED) is 0.738. The molecule has 0 spiro atoms. The number of carbonyl (C=O) groups excluding carboxylic acids is 1. The Labute approximate surface area is 158 Å². The van der Waals surface area contributed by atoms with Crippen molar-refractivity contribution in [1.29, 1.82) is 0 Å². The van der Waals surface area contributed by atoms with Gasteiger partial charge in [0.25, 0.3) is 0 Å². The molecule has 1 aromatic carbocycles. The van der Waals surface area contributed by atoms with Crippen LogP contribution in [0.1, 0.15) is 56.4 Å². The summed E-state index contributed by atoms with van der Waals surface area (Å²) >= 11 is 5.99. The van der Waals surface area contributed by atoms with E-state index in [9.17, 15) is 9.90 Å². The predicted octanol–water partition coefficient (Wildman–Crippen LogP) is 3.01. The van der Waals surface area contributed by atoms with Gasteiger partial charge in [-0.15, -0.1) is 10.2 Å². The van der Waals surface area contributed by atoms with Gasteiger partial charge in [0.05, 0.1) is 11.5 Å². The number of carbonyl (C=O) groups is 1. The third-order valence-electron chi connectivity index (χ3n) is 5.05. The molecular formula is C19H24ClN3O3. The minimum Gasteiger partial charge on any atom is -0.424 e. The Kier molecular flexibility index (Phi) is 5.94. The molecule has 0 saturated heterocycles. The maximum Gasteiger partial charge on any atom is 0.227 e. The number of aliphatic hydroxyl groups is 1. The molecule has 1 aliphatic rings. The molecule has 1 heterocycles. The summed E-state index contributed by atoms with van der Waals surface area (Å²) in [5.74, 6) is 0.947. The first-order chi connectivity index (χ1) is 12.5. The lowest BCUT2D eigenvalue weighted by molar-refractivity contribution is -0.121. The number of benzene rings is 1. The van der Waals surface area contributed by atoms with E-state index in [1.165, 1.54) is 0 Å². The Balaban J connectivity index is 1.62.